The van der Waals surface area contributed by atoms with Crippen molar-refractivity contribution in [1.82, 2.24) is 9.97 Å². The van der Waals surface area contributed by atoms with E-state index >= 15 is 0 Å². The molecule has 0 aliphatic heterocycles. The maximum absolute atomic E-state index is 4.58. The predicted molar refractivity (Wildman–Crippen MR) is 41.3 cm³/mol. The summed E-state index contributed by atoms with van der Waals surface area (Å²) in [4.78, 5) is 12.5. The lowest BCUT2D eigenvalue weighted by Gasteiger charge is -1.95. The third kappa shape index (κ3) is 2.00. The molecule has 0 saturated carbocycles. The van der Waals surface area contributed by atoms with E-state index in [0.717, 1.165) is 11.4 Å². The van der Waals surface area contributed by atoms with Crippen molar-refractivity contribution in [2.75, 3.05) is 7.11 Å². The average molecular weight is 151 g/mol. The van der Waals surface area contributed by atoms with Gasteiger partial charge in [0.05, 0.1) is 6.20 Å². The van der Waals surface area contributed by atoms with Crippen molar-refractivity contribution >= 4 is 5.71 Å². The van der Waals surface area contributed by atoms with E-state index in [-0.39, 0.29) is 0 Å². The summed E-state index contributed by atoms with van der Waals surface area (Å²) < 4.78 is 0. The molecule has 4 heteroatoms. The highest BCUT2D eigenvalue weighted by Gasteiger charge is 1.96. The number of oxime groups is 1. The summed E-state index contributed by atoms with van der Waals surface area (Å²) >= 11 is 0. The van der Waals surface area contributed by atoms with Gasteiger partial charge in [-0.3, -0.25) is 9.97 Å². The standard InChI is InChI=1S/C7H9N3O/c1-6(10-11-2)7-5-8-3-4-9-7/h3-5H,1-2H3/b10-6-. The van der Waals surface area contributed by atoms with E-state index < -0.39 is 0 Å². The quantitative estimate of drug-likeness (QED) is 0.465. The zero-order chi connectivity index (χ0) is 8.10. The second kappa shape index (κ2) is 3.65. The fraction of sp³-hybridized carbons (Fsp3) is 0.286. The van der Waals surface area contributed by atoms with Crippen molar-refractivity contribution in [2.24, 2.45) is 5.16 Å². The molecule has 0 bridgehead atoms. The van der Waals surface area contributed by atoms with Gasteiger partial charge >= 0.3 is 0 Å². The second-order valence-corrected chi connectivity index (χ2v) is 1.95. The number of hydrogen-bond donors (Lipinski definition) is 0. The van der Waals surface area contributed by atoms with Crippen LogP contribution >= 0.6 is 0 Å². The Hall–Kier alpha value is -1.45. The van der Waals surface area contributed by atoms with E-state index in [1.54, 1.807) is 18.6 Å². The molecular formula is C7H9N3O. The van der Waals surface area contributed by atoms with Crippen LogP contribution in [0.2, 0.25) is 0 Å². The van der Waals surface area contributed by atoms with E-state index in [9.17, 15) is 0 Å². The van der Waals surface area contributed by atoms with Crippen molar-refractivity contribution in [2.45, 2.75) is 6.92 Å². The monoisotopic (exact) mass is 151 g/mol. The molecule has 11 heavy (non-hydrogen) atoms. The largest absolute Gasteiger partial charge is 0.399 e. The van der Waals surface area contributed by atoms with Crippen LogP contribution < -0.4 is 0 Å². The van der Waals surface area contributed by atoms with Gasteiger partial charge in [0.2, 0.25) is 0 Å². The molecule has 0 N–H and O–H groups in total. The van der Waals surface area contributed by atoms with E-state index in [1.807, 2.05) is 6.92 Å². The molecule has 1 aromatic rings. The molecule has 0 atom stereocenters. The van der Waals surface area contributed by atoms with Crippen molar-refractivity contribution in [3.63, 3.8) is 0 Å². The summed E-state index contributed by atoms with van der Waals surface area (Å²) in [5.41, 5.74) is 1.45. The molecule has 0 amide bonds. The zero-order valence-electron chi connectivity index (χ0n) is 6.48. The van der Waals surface area contributed by atoms with E-state index in [0.29, 0.717) is 0 Å². The van der Waals surface area contributed by atoms with Crippen molar-refractivity contribution < 1.29 is 4.84 Å². The Balaban J connectivity index is 2.85. The highest BCUT2D eigenvalue weighted by atomic mass is 16.6. The normalized spacial score (nSPS) is 11.3. The molecule has 0 unspecified atom stereocenters. The van der Waals surface area contributed by atoms with E-state index in [1.165, 1.54) is 7.11 Å². The van der Waals surface area contributed by atoms with Gasteiger partial charge in [-0.1, -0.05) is 5.16 Å². The van der Waals surface area contributed by atoms with Crippen LogP contribution in [0.3, 0.4) is 0 Å². The molecule has 1 rings (SSSR count). The Kier molecular flexibility index (Phi) is 2.54. The van der Waals surface area contributed by atoms with Gasteiger partial charge in [-0.15, -0.1) is 0 Å². The van der Waals surface area contributed by atoms with Crippen LogP contribution in [-0.2, 0) is 4.84 Å². The van der Waals surface area contributed by atoms with Crippen LogP contribution in [0, 0.1) is 0 Å². The van der Waals surface area contributed by atoms with Crippen LogP contribution in [0.25, 0.3) is 0 Å². The Morgan fingerprint density at radius 1 is 1.55 bits per heavy atom. The van der Waals surface area contributed by atoms with Gasteiger partial charge in [0.25, 0.3) is 0 Å². The first-order chi connectivity index (χ1) is 5.34. The highest BCUT2D eigenvalue weighted by Crippen LogP contribution is 1.93. The van der Waals surface area contributed by atoms with Crippen LogP contribution in [0.15, 0.2) is 23.7 Å². The van der Waals surface area contributed by atoms with Crippen LogP contribution in [0.1, 0.15) is 12.6 Å². The number of rotatable bonds is 2. The maximum atomic E-state index is 4.58. The Morgan fingerprint density at radius 3 is 2.91 bits per heavy atom. The molecule has 58 valence electrons. The molecule has 0 aliphatic rings. The summed E-state index contributed by atoms with van der Waals surface area (Å²) in [7, 11) is 1.50. The molecule has 0 fully saturated rings. The summed E-state index contributed by atoms with van der Waals surface area (Å²) in [6, 6.07) is 0. The van der Waals surface area contributed by atoms with Crippen molar-refractivity contribution in [3.8, 4) is 0 Å². The van der Waals surface area contributed by atoms with Gasteiger partial charge in [0.15, 0.2) is 0 Å². The van der Waals surface area contributed by atoms with E-state index in [4.69, 9.17) is 0 Å². The van der Waals surface area contributed by atoms with Gasteiger partial charge in [0, 0.05) is 12.4 Å². The molecule has 0 aromatic carbocycles. The molecule has 0 saturated heterocycles. The first-order valence-electron chi connectivity index (χ1n) is 3.18. The third-order valence-electron chi connectivity index (χ3n) is 1.16. The average Bonchev–Trinajstić information content (AvgIpc) is 2.07. The minimum atomic E-state index is 0.723. The molecule has 0 aliphatic carbocycles. The second-order valence-electron chi connectivity index (χ2n) is 1.95. The smallest absolute Gasteiger partial charge is 0.106 e. The molecular weight excluding hydrogens is 142 g/mol. The molecule has 1 aromatic heterocycles. The summed E-state index contributed by atoms with van der Waals surface area (Å²) in [5, 5.41) is 3.71. The SMILES string of the molecule is CO/N=C(/C)c1cnccn1. The van der Waals surface area contributed by atoms with Gasteiger partial charge in [-0.05, 0) is 6.92 Å². The van der Waals surface area contributed by atoms with Crippen LogP contribution in [0.4, 0.5) is 0 Å². The van der Waals surface area contributed by atoms with Gasteiger partial charge in [0.1, 0.15) is 18.5 Å². The minimum absolute atomic E-state index is 0.723. The van der Waals surface area contributed by atoms with Crippen molar-refractivity contribution in [3.05, 3.63) is 24.3 Å². The summed E-state index contributed by atoms with van der Waals surface area (Å²) in [5.74, 6) is 0. The highest BCUT2D eigenvalue weighted by molar-refractivity contribution is 5.96. The lowest BCUT2D eigenvalue weighted by molar-refractivity contribution is 0.213. The number of aromatic nitrogens is 2. The summed E-state index contributed by atoms with van der Waals surface area (Å²) in [6.07, 6.45) is 4.87. The molecule has 0 spiro atoms. The van der Waals surface area contributed by atoms with Gasteiger partial charge < -0.3 is 4.84 Å². The first kappa shape index (κ1) is 7.65. The first-order valence-corrected chi connectivity index (χ1v) is 3.18. The maximum Gasteiger partial charge on any atom is 0.106 e. The minimum Gasteiger partial charge on any atom is -0.399 e. The van der Waals surface area contributed by atoms with E-state index in [2.05, 4.69) is 20.0 Å². The lowest BCUT2D eigenvalue weighted by atomic mass is 10.3. The number of hydrogen-bond acceptors (Lipinski definition) is 4. The summed E-state index contributed by atoms with van der Waals surface area (Å²) in [6.45, 7) is 1.81. The van der Waals surface area contributed by atoms with Crippen LogP contribution in [0.5, 0.6) is 0 Å². The van der Waals surface area contributed by atoms with Crippen LogP contribution in [-0.4, -0.2) is 22.8 Å². The Bertz CT molecular complexity index is 245. The Morgan fingerprint density at radius 2 is 2.36 bits per heavy atom. The fourth-order valence-corrected chi connectivity index (χ4v) is 0.670. The topological polar surface area (TPSA) is 47.4 Å². The number of nitrogens with zero attached hydrogens (tertiary/aromatic N) is 3. The zero-order valence-corrected chi connectivity index (χ0v) is 6.48. The molecule has 1 heterocycles. The van der Waals surface area contributed by atoms with Crippen molar-refractivity contribution in [1.29, 1.82) is 0 Å². The Labute approximate surface area is 64.9 Å². The third-order valence-corrected chi connectivity index (χ3v) is 1.16. The predicted octanol–water partition coefficient (Wildman–Crippen LogP) is 0.847. The molecule has 4 nitrogen and oxygen atoms in total. The lowest BCUT2D eigenvalue weighted by Crippen LogP contribution is -1.98. The molecule has 0 radical (unpaired) electrons. The fourth-order valence-electron chi connectivity index (χ4n) is 0.670. The van der Waals surface area contributed by atoms with Gasteiger partial charge in [-0.25, -0.2) is 0 Å². The van der Waals surface area contributed by atoms with Gasteiger partial charge in [-0.2, -0.15) is 0 Å².